The maximum absolute atomic E-state index is 12.3. The molecule has 0 saturated carbocycles. The minimum Gasteiger partial charge on any atom is -0.492 e. The average molecular weight is 319 g/mol. The number of hydrogen-bond donors (Lipinski definition) is 1. The molecule has 1 N–H and O–H groups in total. The van der Waals surface area contributed by atoms with Gasteiger partial charge in [-0.05, 0) is 39.1 Å². The first-order valence-corrected chi connectivity index (χ1v) is 7.97. The lowest BCUT2D eigenvalue weighted by molar-refractivity contribution is -0.135. The summed E-state index contributed by atoms with van der Waals surface area (Å²) in [6.07, 6.45) is 0.796. The Hall–Kier alpha value is -2.08. The predicted octanol–water partition coefficient (Wildman–Crippen LogP) is 1.58. The van der Waals surface area contributed by atoms with Crippen LogP contribution in [0, 0.1) is 0 Å². The van der Waals surface area contributed by atoms with Crippen molar-refractivity contribution in [2.24, 2.45) is 0 Å². The molecule has 2 amide bonds. The molecule has 1 aliphatic rings. The molecular weight excluding hydrogens is 294 g/mol. The molecule has 0 aromatic heterocycles. The summed E-state index contributed by atoms with van der Waals surface area (Å²) in [5.41, 5.74) is 0.593. The van der Waals surface area contributed by atoms with Crippen LogP contribution in [-0.4, -0.2) is 61.4 Å². The van der Waals surface area contributed by atoms with E-state index in [-0.39, 0.29) is 24.3 Å². The predicted molar refractivity (Wildman–Crippen MR) is 89.5 cm³/mol. The summed E-state index contributed by atoms with van der Waals surface area (Å²) in [4.78, 5) is 28.3. The van der Waals surface area contributed by atoms with Crippen molar-refractivity contribution in [1.29, 1.82) is 0 Å². The maximum atomic E-state index is 12.3. The monoisotopic (exact) mass is 319 g/mol. The number of benzene rings is 1. The summed E-state index contributed by atoms with van der Waals surface area (Å²) in [5.74, 6) is 0.138. The third-order valence-corrected chi connectivity index (χ3v) is 4.08. The van der Waals surface area contributed by atoms with Crippen molar-refractivity contribution in [3.8, 4) is 5.75 Å². The normalized spacial score (nSPS) is 17.8. The van der Waals surface area contributed by atoms with Gasteiger partial charge in [0.2, 0.25) is 11.8 Å². The van der Waals surface area contributed by atoms with Crippen molar-refractivity contribution < 1.29 is 14.3 Å². The number of likely N-dealkylation sites (tertiary alicyclic amines) is 1. The number of para-hydroxylation sites is 2. The largest absolute Gasteiger partial charge is 0.492 e. The molecule has 0 aliphatic carbocycles. The number of nitrogens with one attached hydrogen (secondary N) is 1. The number of ether oxygens (including phenoxy) is 1. The maximum Gasteiger partial charge on any atom is 0.233 e. The van der Waals surface area contributed by atoms with Gasteiger partial charge in [-0.3, -0.25) is 9.59 Å². The Bertz CT molecular complexity index is 562. The zero-order valence-corrected chi connectivity index (χ0v) is 14.0. The summed E-state index contributed by atoms with van der Waals surface area (Å²) in [7, 11) is 3.81. The molecular formula is C17H25N3O3. The Kier molecular flexibility index (Phi) is 5.98. The summed E-state index contributed by atoms with van der Waals surface area (Å²) in [6, 6.07) is 7.41. The van der Waals surface area contributed by atoms with Gasteiger partial charge in [-0.2, -0.15) is 0 Å². The van der Waals surface area contributed by atoms with Crippen LogP contribution < -0.4 is 10.1 Å². The van der Waals surface area contributed by atoms with Gasteiger partial charge in [0.05, 0.1) is 12.3 Å². The van der Waals surface area contributed by atoms with Crippen LogP contribution in [0.2, 0.25) is 0 Å². The lowest BCUT2D eigenvalue weighted by Crippen LogP contribution is -2.40. The van der Waals surface area contributed by atoms with Gasteiger partial charge in [0.25, 0.3) is 0 Å². The van der Waals surface area contributed by atoms with Crippen LogP contribution in [0.1, 0.15) is 19.8 Å². The molecule has 1 aliphatic heterocycles. The zero-order valence-electron chi connectivity index (χ0n) is 14.0. The fraction of sp³-hybridized carbons (Fsp3) is 0.529. The van der Waals surface area contributed by atoms with Crippen LogP contribution in [0.25, 0.3) is 0 Å². The number of amides is 2. The molecule has 1 aromatic rings. The summed E-state index contributed by atoms with van der Waals surface area (Å²) in [5, 5.41) is 2.76. The van der Waals surface area contributed by atoms with Gasteiger partial charge < -0.3 is 19.9 Å². The Labute approximate surface area is 137 Å². The quantitative estimate of drug-likeness (QED) is 0.809. The van der Waals surface area contributed by atoms with E-state index < -0.39 is 0 Å². The first-order chi connectivity index (χ1) is 11.0. The van der Waals surface area contributed by atoms with Crippen molar-refractivity contribution in [1.82, 2.24) is 9.80 Å². The topological polar surface area (TPSA) is 61.9 Å². The van der Waals surface area contributed by atoms with Gasteiger partial charge in [-0.1, -0.05) is 12.1 Å². The second kappa shape index (κ2) is 7.97. The standard InChI is InChI=1S/C17H25N3O3/c1-4-23-15-8-6-5-7-14(15)18-16(21)11-17(22)20(3)13-9-10-19(2)12-13/h5-8,13H,4,9-12H2,1-3H3,(H,18,21)/t13-/m1/s1. The number of rotatable bonds is 6. The van der Waals surface area contributed by atoms with Crippen molar-refractivity contribution in [2.45, 2.75) is 25.8 Å². The molecule has 1 heterocycles. The SMILES string of the molecule is CCOc1ccccc1NC(=O)CC(=O)N(C)[C@@H]1CCN(C)C1. The van der Waals surface area contributed by atoms with Gasteiger partial charge in [-0.15, -0.1) is 0 Å². The second-order valence-corrected chi connectivity index (χ2v) is 5.86. The lowest BCUT2D eigenvalue weighted by atomic mass is 10.2. The van der Waals surface area contributed by atoms with Gasteiger partial charge in [0.1, 0.15) is 12.2 Å². The minimum absolute atomic E-state index is 0.156. The van der Waals surface area contributed by atoms with Crippen LogP contribution in [-0.2, 0) is 9.59 Å². The first-order valence-electron chi connectivity index (χ1n) is 7.97. The van der Waals surface area contributed by atoms with E-state index >= 15 is 0 Å². The highest BCUT2D eigenvalue weighted by Gasteiger charge is 2.27. The van der Waals surface area contributed by atoms with E-state index in [0.29, 0.717) is 18.0 Å². The zero-order chi connectivity index (χ0) is 16.8. The molecule has 23 heavy (non-hydrogen) atoms. The molecule has 0 radical (unpaired) electrons. The fourth-order valence-electron chi connectivity index (χ4n) is 2.74. The Morgan fingerprint density at radius 2 is 2.13 bits per heavy atom. The van der Waals surface area contributed by atoms with E-state index in [1.165, 1.54) is 0 Å². The smallest absolute Gasteiger partial charge is 0.233 e. The number of hydrogen-bond acceptors (Lipinski definition) is 4. The lowest BCUT2D eigenvalue weighted by Gasteiger charge is -2.24. The van der Waals surface area contributed by atoms with Gasteiger partial charge in [0.15, 0.2) is 0 Å². The number of anilines is 1. The van der Waals surface area contributed by atoms with Crippen LogP contribution in [0.3, 0.4) is 0 Å². The Morgan fingerprint density at radius 3 is 2.78 bits per heavy atom. The van der Waals surface area contributed by atoms with E-state index in [4.69, 9.17) is 4.74 Å². The van der Waals surface area contributed by atoms with Crippen molar-refractivity contribution in [2.75, 3.05) is 39.1 Å². The van der Waals surface area contributed by atoms with Crippen LogP contribution in [0.5, 0.6) is 5.75 Å². The summed E-state index contributed by atoms with van der Waals surface area (Å²) in [6.45, 7) is 4.24. The van der Waals surface area contributed by atoms with Gasteiger partial charge in [0, 0.05) is 19.6 Å². The molecule has 6 heteroatoms. The highest BCUT2D eigenvalue weighted by Crippen LogP contribution is 2.24. The molecule has 6 nitrogen and oxygen atoms in total. The third kappa shape index (κ3) is 4.69. The van der Waals surface area contributed by atoms with Crippen molar-refractivity contribution in [3.63, 3.8) is 0 Å². The molecule has 126 valence electrons. The molecule has 0 bridgehead atoms. The van der Waals surface area contributed by atoms with Crippen LogP contribution in [0.15, 0.2) is 24.3 Å². The first kappa shape index (κ1) is 17.3. The van der Waals surface area contributed by atoms with Crippen molar-refractivity contribution in [3.05, 3.63) is 24.3 Å². The summed E-state index contributed by atoms with van der Waals surface area (Å²) < 4.78 is 5.47. The molecule has 2 rings (SSSR count). The van der Waals surface area contributed by atoms with Crippen LogP contribution in [0.4, 0.5) is 5.69 Å². The second-order valence-electron chi connectivity index (χ2n) is 5.86. The Balaban J connectivity index is 1.90. The molecule has 0 spiro atoms. The molecule has 0 unspecified atom stereocenters. The van der Waals surface area contributed by atoms with E-state index in [0.717, 1.165) is 19.5 Å². The van der Waals surface area contributed by atoms with E-state index in [2.05, 4.69) is 10.2 Å². The number of nitrogens with zero attached hydrogens (tertiary/aromatic N) is 2. The number of carbonyl (C=O) groups excluding carboxylic acids is 2. The minimum atomic E-state index is -0.319. The number of likely N-dealkylation sites (N-methyl/N-ethyl adjacent to an activating group) is 2. The third-order valence-electron chi connectivity index (χ3n) is 4.08. The van der Waals surface area contributed by atoms with Crippen LogP contribution >= 0.6 is 0 Å². The van der Waals surface area contributed by atoms with Gasteiger partial charge in [-0.25, -0.2) is 0 Å². The van der Waals surface area contributed by atoms with E-state index in [1.54, 1.807) is 24.1 Å². The van der Waals surface area contributed by atoms with E-state index in [9.17, 15) is 9.59 Å². The fourth-order valence-corrected chi connectivity index (χ4v) is 2.74. The molecule has 1 saturated heterocycles. The summed E-state index contributed by atoms with van der Waals surface area (Å²) >= 11 is 0. The highest BCUT2D eigenvalue weighted by molar-refractivity contribution is 6.04. The highest BCUT2D eigenvalue weighted by atomic mass is 16.5. The average Bonchev–Trinajstić information content (AvgIpc) is 2.95. The van der Waals surface area contributed by atoms with E-state index in [1.807, 2.05) is 26.1 Å². The van der Waals surface area contributed by atoms with Gasteiger partial charge >= 0.3 is 0 Å². The van der Waals surface area contributed by atoms with Crippen molar-refractivity contribution >= 4 is 17.5 Å². The Morgan fingerprint density at radius 1 is 1.39 bits per heavy atom. The number of carbonyl (C=O) groups is 2. The molecule has 1 aromatic carbocycles. The molecule has 1 fully saturated rings. The molecule has 1 atom stereocenters.